The summed E-state index contributed by atoms with van der Waals surface area (Å²) in [6.07, 6.45) is 3.84. The molecule has 4 rings (SSSR count). The first-order valence-corrected chi connectivity index (χ1v) is 9.55. The normalized spacial score (nSPS) is 16.7. The summed E-state index contributed by atoms with van der Waals surface area (Å²) in [6.45, 7) is 1.29. The van der Waals surface area contributed by atoms with Crippen LogP contribution in [0.25, 0.3) is 5.65 Å². The number of fused-ring (bicyclic) bond motifs is 1. The maximum atomic E-state index is 13.2. The van der Waals surface area contributed by atoms with Crippen LogP contribution in [0.1, 0.15) is 34.9 Å². The Morgan fingerprint density at radius 3 is 2.52 bits per heavy atom. The molecule has 0 unspecified atom stereocenters. The SMILES string of the molecule is COc1cc(C(=O)N2CCC[C@H](c3nnc4ccccn34)C2)cc(OC)c1OC. The van der Waals surface area contributed by atoms with Gasteiger partial charge in [0.05, 0.1) is 21.3 Å². The van der Waals surface area contributed by atoms with Crippen LogP contribution in [0.15, 0.2) is 36.5 Å². The number of hydrogen-bond donors (Lipinski definition) is 0. The fraction of sp³-hybridized carbons (Fsp3) is 0.381. The number of nitrogens with zero attached hydrogens (tertiary/aromatic N) is 4. The molecule has 8 nitrogen and oxygen atoms in total. The Hall–Kier alpha value is -3.29. The van der Waals surface area contributed by atoms with Crippen molar-refractivity contribution in [3.8, 4) is 17.2 Å². The number of pyridine rings is 1. The summed E-state index contributed by atoms with van der Waals surface area (Å²) in [7, 11) is 4.62. The number of benzene rings is 1. The highest BCUT2D eigenvalue weighted by molar-refractivity contribution is 5.95. The van der Waals surface area contributed by atoms with E-state index in [0.717, 1.165) is 24.3 Å². The van der Waals surface area contributed by atoms with Crippen LogP contribution in [0.4, 0.5) is 0 Å². The lowest BCUT2D eigenvalue weighted by Gasteiger charge is -2.32. The number of ether oxygens (including phenoxy) is 3. The average Bonchev–Trinajstić information content (AvgIpc) is 3.21. The standard InChI is InChI=1S/C21H24N4O4/c1-27-16-11-15(12-17(28-2)19(16)29-3)21(26)24-9-6-7-14(13-24)20-23-22-18-8-4-5-10-25(18)20/h4-5,8,10-12,14H,6-7,9,13H2,1-3H3/t14-/m0/s1. The number of carbonyl (C=O) groups is 1. The van der Waals surface area contributed by atoms with Crippen LogP contribution in [-0.2, 0) is 0 Å². The second-order valence-electron chi connectivity index (χ2n) is 6.99. The maximum absolute atomic E-state index is 13.2. The highest BCUT2D eigenvalue weighted by Gasteiger charge is 2.29. The summed E-state index contributed by atoms with van der Waals surface area (Å²) in [5, 5.41) is 8.63. The van der Waals surface area contributed by atoms with Crippen LogP contribution >= 0.6 is 0 Å². The minimum atomic E-state index is -0.0669. The van der Waals surface area contributed by atoms with Crippen LogP contribution < -0.4 is 14.2 Å². The average molecular weight is 396 g/mol. The molecule has 3 heterocycles. The van der Waals surface area contributed by atoms with Gasteiger partial charge in [-0.3, -0.25) is 9.20 Å². The van der Waals surface area contributed by atoms with Crippen molar-refractivity contribution in [3.05, 3.63) is 47.9 Å². The predicted octanol–water partition coefficient (Wildman–Crippen LogP) is 2.77. The molecule has 29 heavy (non-hydrogen) atoms. The number of likely N-dealkylation sites (tertiary alicyclic amines) is 1. The van der Waals surface area contributed by atoms with E-state index in [4.69, 9.17) is 14.2 Å². The van der Waals surface area contributed by atoms with Gasteiger partial charge in [-0.1, -0.05) is 6.07 Å². The largest absolute Gasteiger partial charge is 0.493 e. The Labute approximate surface area is 169 Å². The molecule has 0 aliphatic carbocycles. The number of methoxy groups -OCH3 is 3. The van der Waals surface area contributed by atoms with Gasteiger partial charge in [0.1, 0.15) is 5.82 Å². The lowest BCUT2D eigenvalue weighted by Crippen LogP contribution is -2.39. The van der Waals surface area contributed by atoms with E-state index in [1.165, 1.54) is 0 Å². The fourth-order valence-corrected chi connectivity index (χ4v) is 3.90. The molecule has 0 N–H and O–H groups in total. The van der Waals surface area contributed by atoms with Gasteiger partial charge >= 0.3 is 0 Å². The molecular weight excluding hydrogens is 372 g/mol. The van der Waals surface area contributed by atoms with Crippen molar-refractivity contribution in [2.24, 2.45) is 0 Å². The molecule has 0 saturated carbocycles. The highest BCUT2D eigenvalue weighted by Crippen LogP contribution is 2.39. The topological polar surface area (TPSA) is 78.2 Å². The van der Waals surface area contributed by atoms with Crippen LogP contribution in [0.2, 0.25) is 0 Å². The molecule has 1 aliphatic rings. The first-order chi connectivity index (χ1) is 14.2. The lowest BCUT2D eigenvalue weighted by atomic mass is 9.96. The van der Waals surface area contributed by atoms with Crippen LogP contribution in [-0.4, -0.2) is 59.8 Å². The Balaban J connectivity index is 1.61. The number of piperidine rings is 1. The molecule has 1 saturated heterocycles. The quantitative estimate of drug-likeness (QED) is 0.660. The van der Waals surface area contributed by atoms with Gasteiger partial charge in [0.25, 0.3) is 5.91 Å². The molecular formula is C21H24N4O4. The van der Waals surface area contributed by atoms with Crippen molar-refractivity contribution in [3.63, 3.8) is 0 Å². The molecule has 0 radical (unpaired) electrons. The molecule has 152 valence electrons. The van der Waals surface area contributed by atoms with E-state index in [-0.39, 0.29) is 11.8 Å². The van der Waals surface area contributed by atoms with Crippen molar-refractivity contribution in [2.75, 3.05) is 34.4 Å². The number of amides is 1. The summed E-state index contributed by atoms with van der Waals surface area (Å²) in [6, 6.07) is 9.22. The third kappa shape index (κ3) is 3.46. The third-order valence-electron chi connectivity index (χ3n) is 5.33. The molecule has 1 fully saturated rings. The predicted molar refractivity (Wildman–Crippen MR) is 107 cm³/mol. The first-order valence-electron chi connectivity index (χ1n) is 9.55. The Bertz CT molecular complexity index is 1010. The number of aromatic nitrogens is 3. The maximum Gasteiger partial charge on any atom is 0.254 e. The van der Waals surface area contributed by atoms with Gasteiger partial charge in [-0.2, -0.15) is 0 Å². The van der Waals surface area contributed by atoms with Crippen LogP contribution in [0.5, 0.6) is 17.2 Å². The number of carbonyl (C=O) groups excluding carboxylic acids is 1. The number of rotatable bonds is 5. The van der Waals surface area contributed by atoms with E-state index < -0.39 is 0 Å². The second kappa shape index (κ2) is 7.98. The Kier molecular flexibility index (Phi) is 5.24. The molecule has 3 aromatic rings. The smallest absolute Gasteiger partial charge is 0.254 e. The van der Waals surface area contributed by atoms with Crippen molar-refractivity contribution >= 4 is 11.6 Å². The summed E-state index contributed by atoms with van der Waals surface area (Å²) in [5.74, 6) is 2.36. The van der Waals surface area contributed by atoms with E-state index in [0.29, 0.717) is 35.9 Å². The summed E-state index contributed by atoms with van der Waals surface area (Å²) in [5.41, 5.74) is 1.32. The van der Waals surface area contributed by atoms with Crippen molar-refractivity contribution < 1.29 is 19.0 Å². The number of hydrogen-bond acceptors (Lipinski definition) is 6. The lowest BCUT2D eigenvalue weighted by molar-refractivity contribution is 0.0703. The fourth-order valence-electron chi connectivity index (χ4n) is 3.90. The molecule has 1 atom stereocenters. The van der Waals surface area contributed by atoms with E-state index in [1.807, 2.05) is 33.7 Å². The van der Waals surface area contributed by atoms with E-state index in [2.05, 4.69) is 10.2 Å². The Morgan fingerprint density at radius 1 is 1.07 bits per heavy atom. The van der Waals surface area contributed by atoms with Gasteiger partial charge in [0.15, 0.2) is 17.1 Å². The zero-order chi connectivity index (χ0) is 20.4. The van der Waals surface area contributed by atoms with Crippen LogP contribution in [0, 0.1) is 0 Å². The summed E-state index contributed by atoms with van der Waals surface area (Å²) < 4.78 is 18.1. The zero-order valence-corrected chi connectivity index (χ0v) is 16.8. The summed E-state index contributed by atoms with van der Waals surface area (Å²) >= 11 is 0. The monoisotopic (exact) mass is 396 g/mol. The highest BCUT2D eigenvalue weighted by atomic mass is 16.5. The molecule has 2 aromatic heterocycles. The molecule has 0 spiro atoms. The van der Waals surface area contributed by atoms with E-state index in [9.17, 15) is 4.79 Å². The molecule has 8 heteroatoms. The van der Waals surface area contributed by atoms with Crippen LogP contribution in [0.3, 0.4) is 0 Å². The molecule has 1 aliphatic heterocycles. The van der Waals surface area contributed by atoms with Gasteiger partial charge in [-0.15, -0.1) is 10.2 Å². The molecule has 1 aromatic carbocycles. The van der Waals surface area contributed by atoms with Crippen molar-refractivity contribution in [1.29, 1.82) is 0 Å². The van der Waals surface area contributed by atoms with Gasteiger partial charge in [0.2, 0.25) is 5.75 Å². The van der Waals surface area contributed by atoms with Gasteiger partial charge in [-0.25, -0.2) is 0 Å². The zero-order valence-electron chi connectivity index (χ0n) is 16.8. The van der Waals surface area contributed by atoms with Gasteiger partial charge < -0.3 is 19.1 Å². The van der Waals surface area contributed by atoms with Gasteiger partial charge in [-0.05, 0) is 37.1 Å². The minimum absolute atomic E-state index is 0.0669. The van der Waals surface area contributed by atoms with E-state index >= 15 is 0 Å². The minimum Gasteiger partial charge on any atom is -0.493 e. The molecule has 1 amide bonds. The van der Waals surface area contributed by atoms with Crippen molar-refractivity contribution in [1.82, 2.24) is 19.5 Å². The van der Waals surface area contributed by atoms with Gasteiger partial charge in [0, 0.05) is 30.8 Å². The Morgan fingerprint density at radius 2 is 1.83 bits per heavy atom. The van der Waals surface area contributed by atoms with Crippen molar-refractivity contribution in [2.45, 2.75) is 18.8 Å². The second-order valence-corrected chi connectivity index (χ2v) is 6.99. The molecule has 0 bridgehead atoms. The summed E-state index contributed by atoms with van der Waals surface area (Å²) in [4.78, 5) is 15.1. The van der Waals surface area contributed by atoms with E-state index in [1.54, 1.807) is 33.5 Å². The third-order valence-corrected chi connectivity index (χ3v) is 5.33. The first kappa shape index (κ1) is 19.0.